The number of nitrogens with zero attached hydrogens (tertiary/aromatic N) is 2. The highest BCUT2D eigenvalue weighted by Gasteiger charge is 2.35. The van der Waals surface area contributed by atoms with Gasteiger partial charge < -0.3 is 19.8 Å². The topological polar surface area (TPSA) is 71.7 Å². The maximum Gasteiger partial charge on any atom is 0.213 e. The minimum absolute atomic E-state index is 0.0778. The van der Waals surface area contributed by atoms with E-state index in [4.69, 9.17) is 9.15 Å². The highest BCUT2D eigenvalue weighted by Crippen LogP contribution is 2.34. The van der Waals surface area contributed by atoms with E-state index in [1.54, 1.807) is 25.4 Å². The average Bonchev–Trinajstić information content (AvgIpc) is 3.18. The molecule has 0 spiro atoms. The Morgan fingerprint density at radius 2 is 2.00 bits per heavy atom. The normalized spacial score (nSPS) is 17.2. The molecule has 3 rings (SSSR count). The zero-order chi connectivity index (χ0) is 20.9. The lowest BCUT2D eigenvalue weighted by Crippen LogP contribution is -2.48. The Balaban J connectivity index is 1.64. The summed E-state index contributed by atoms with van der Waals surface area (Å²) in [5, 5.41) is 6.64. The Labute approximate surface area is 172 Å². The molecule has 1 saturated heterocycles. The van der Waals surface area contributed by atoms with Crippen LogP contribution >= 0.6 is 0 Å². The number of aromatic nitrogens is 1. The Hall–Kier alpha value is -2.41. The molecule has 1 aromatic carbocycles. The van der Waals surface area contributed by atoms with Gasteiger partial charge in [0.2, 0.25) is 5.89 Å². The van der Waals surface area contributed by atoms with Crippen molar-refractivity contribution in [1.29, 1.82) is 0 Å². The Morgan fingerprint density at radius 3 is 2.62 bits per heavy atom. The second kappa shape index (κ2) is 8.95. The minimum atomic E-state index is -0.213. The summed E-state index contributed by atoms with van der Waals surface area (Å²) >= 11 is 0. The molecule has 0 amide bonds. The van der Waals surface area contributed by atoms with Crippen molar-refractivity contribution in [3.63, 3.8) is 0 Å². The van der Waals surface area contributed by atoms with Crippen LogP contribution in [0.3, 0.4) is 0 Å². The van der Waals surface area contributed by atoms with Gasteiger partial charge in [-0.15, -0.1) is 0 Å². The van der Waals surface area contributed by atoms with Crippen LogP contribution in [0.1, 0.15) is 50.8 Å². The second-order valence-corrected chi connectivity index (χ2v) is 8.55. The molecule has 0 radical (unpaired) electrons. The van der Waals surface area contributed by atoms with Gasteiger partial charge in [-0.05, 0) is 30.5 Å². The molecule has 2 N–H and O–H groups in total. The largest absolute Gasteiger partial charge is 0.443 e. The van der Waals surface area contributed by atoms with Gasteiger partial charge in [-0.2, -0.15) is 0 Å². The van der Waals surface area contributed by atoms with Crippen molar-refractivity contribution in [2.45, 2.75) is 51.0 Å². The van der Waals surface area contributed by atoms with Gasteiger partial charge in [-0.25, -0.2) is 9.37 Å². The first-order valence-corrected chi connectivity index (χ1v) is 10.1. The summed E-state index contributed by atoms with van der Waals surface area (Å²) in [6.45, 7) is 8.66. The summed E-state index contributed by atoms with van der Waals surface area (Å²) in [7, 11) is 1.73. The number of oxazole rings is 1. The predicted octanol–water partition coefficient (Wildman–Crippen LogP) is 3.52. The molecule has 7 heteroatoms. The minimum Gasteiger partial charge on any atom is -0.443 e. The zero-order valence-electron chi connectivity index (χ0n) is 17.7. The van der Waals surface area contributed by atoms with Crippen molar-refractivity contribution in [1.82, 2.24) is 15.6 Å². The molecule has 0 atom stereocenters. The highest BCUT2D eigenvalue weighted by atomic mass is 19.1. The number of nitrogens with one attached hydrogen (secondary N) is 2. The van der Waals surface area contributed by atoms with Crippen molar-refractivity contribution < 1.29 is 13.5 Å². The van der Waals surface area contributed by atoms with Crippen LogP contribution < -0.4 is 10.6 Å². The van der Waals surface area contributed by atoms with Crippen LogP contribution in [0, 0.1) is 5.82 Å². The summed E-state index contributed by atoms with van der Waals surface area (Å²) in [6.07, 6.45) is 3.43. The fourth-order valence-electron chi connectivity index (χ4n) is 3.52. The Kier molecular flexibility index (Phi) is 6.57. The molecule has 1 aromatic heterocycles. The molecular formula is C22H31FN4O2. The van der Waals surface area contributed by atoms with Crippen molar-refractivity contribution in [3.8, 4) is 0 Å². The number of hydrogen-bond donors (Lipinski definition) is 2. The van der Waals surface area contributed by atoms with Gasteiger partial charge in [-0.1, -0.05) is 32.9 Å². The predicted molar refractivity (Wildman–Crippen MR) is 112 cm³/mol. The molecule has 1 aliphatic heterocycles. The molecule has 1 fully saturated rings. The van der Waals surface area contributed by atoms with Crippen molar-refractivity contribution >= 4 is 5.96 Å². The van der Waals surface area contributed by atoms with E-state index in [1.165, 1.54) is 6.07 Å². The van der Waals surface area contributed by atoms with Crippen LogP contribution in [-0.2, 0) is 22.1 Å². The summed E-state index contributed by atoms with van der Waals surface area (Å²) in [6, 6.07) is 6.87. The second-order valence-electron chi connectivity index (χ2n) is 8.55. The summed E-state index contributed by atoms with van der Waals surface area (Å²) in [4.78, 5) is 8.64. The standard InChI is InChI=1S/C22H31FN4O2/c1-21(2,3)18-13-25-19(29-18)14-26-20(24-4)27-15-22(8-10-28-11-9-22)16-6-5-7-17(23)12-16/h5-7,12-13H,8-11,14-15H2,1-4H3,(H2,24,26,27). The van der Waals surface area contributed by atoms with E-state index < -0.39 is 0 Å². The molecule has 0 saturated carbocycles. The van der Waals surface area contributed by atoms with Crippen LogP contribution in [0.5, 0.6) is 0 Å². The van der Waals surface area contributed by atoms with Gasteiger partial charge in [0.1, 0.15) is 11.6 Å². The SMILES string of the molecule is CN=C(NCc1ncc(C(C)(C)C)o1)NCC1(c2cccc(F)c2)CCOCC1. The van der Waals surface area contributed by atoms with E-state index in [-0.39, 0.29) is 16.6 Å². The van der Waals surface area contributed by atoms with E-state index in [0.717, 1.165) is 24.2 Å². The van der Waals surface area contributed by atoms with Crippen LogP contribution in [0.25, 0.3) is 0 Å². The number of halogens is 1. The lowest BCUT2D eigenvalue weighted by molar-refractivity contribution is 0.0513. The van der Waals surface area contributed by atoms with Crippen LogP contribution in [0.4, 0.5) is 4.39 Å². The first-order valence-electron chi connectivity index (χ1n) is 10.1. The summed E-state index contributed by atoms with van der Waals surface area (Å²) < 4.78 is 25.2. The van der Waals surface area contributed by atoms with Crippen molar-refractivity contribution in [2.75, 3.05) is 26.8 Å². The van der Waals surface area contributed by atoms with E-state index >= 15 is 0 Å². The fraction of sp³-hybridized carbons (Fsp3) is 0.545. The molecule has 29 heavy (non-hydrogen) atoms. The summed E-state index contributed by atoms with van der Waals surface area (Å²) in [5.74, 6) is 1.91. The molecule has 0 bridgehead atoms. The van der Waals surface area contributed by atoms with Gasteiger partial charge in [0.25, 0.3) is 0 Å². The number of hydrogen-bond acceptors (Lipinski definition) is 4. The average molecular weight is 403 g/mol. The van der Waals surface area contributed by atoms with Gasteiger partial charge >= 0.3 is 0 Å². The number of aliphatic imine (C=N–C) groups is 1. The number of rotatable bonds is 5. The third kappa shape index (κ3) is 5.35. The van der Waals surface area contributed by atoms with Gasteiger partial charge in [0.05, 0.1) is 12.7 Å². The highest BCUT2D eigenvalue weighted by molar-refractivity contribution is 5.79. The van der Waals surface area contributed by atoms with Crippen molar-refractivity contribution in [2.24, 2.45) is 4.99 Å². The Bertz CT molecular complexity index is 835. The number of ether oxygens (including phenoxy) is 1. The molecular weight excluding hydrogens is 371 g/mol. The Morgan fingerprint density at radius 1 is 1.24 bits per heavy atom. The first-order chi connectivity index (χ1) is 13.8. The molecule has 1 aliphatic rings. The molecule has 158 valence electrons. The van der Waals surface area contributed by atoms with Crippen LogP contribution in [-0.4, -0.2) is 37.7 Å². The fourth-order valence-corrected chi connectivity index (χ4v) is 3.52. The van der Waals surface area contributed by atoms with Gasteiger partial charge in [0, 0.05) is 37.6 Å². The lowest BCUT2D eigenvalue weighted by atomic mass is 9.74. The molecule has 0 aliphatic carbocycles. The van der Waals surface area contributed by atoms with E-state index in [2.05, 4.69) is 41.4 Å². The third-order valence-corrected chi connectivity index (χ3v) is 5.40. The van der Waals surface area contributed by atoms with Gasteiger partial charge in [-0.3, -0.25) is 4.99 Å². The number of guanidine groups is 1. The molecule has 6 nitrogen and oxygen atoms in total. The zero-order valence-corrected chi connectivity index (χ0v) is 17.7. The quantitative estimate of drug-likeness (QED) is 0.591. The maximum atomic E-state index is 13.8. The monoisotopic (exact) mass is 402 g/mol. The third-order valence-electron chi connectivity index (χ3n) is 5.40. The van der Waals surface area contributed by atoms with Crippen LogP contribution in [0.2, 0.25) is 0 Å². The lowest BCUT2D eigenvalue weighted by Gasteiger charge is -2.38. The molecule has 2 aromatic rings. The van der Waals surface area contributed by atoms with Crippen LogP contribution in [0.15, 0.2) is 39.9 Å². The van der Waals surface area contributed by atoms with E-state index in [1.807, 2.05) is 6.07 Å². The van der Waals surface area contributed by atoms with E-state index in [0.29, 0.717) is 38.2 Å². The van der Waals surface area contributed by atoms with E-state index in [9.17, 15) is 4.39 Å². The molecule has 0 unspecified atom stereocenters. The summed E-state index contributed by atoms with van der Waals surface area (Å²) in [5.41, 5.74) is 0.720. The van der Waals surface area contributed by atoms with Crippen molar-refractivity contribution in [3.05, 3.63) is 53.5 Å². The number of benzene rings is 1. The first kappa shape index (κ1) is 21.3. The molecule has 2 heterocycles. The van der Waals surface area contributed by atoms with Gasteiger partial charge in [0.15, 0.2) is 5.96 Å². The maximum absolute atomic E-state index is 13.8. The smallest absolute Gasteiger partial charge is 0.213 e.